The van der Waals surface area contributed by atoms with Gasteiger partial charge in [0, 0.05) is 30.2 Å². The highest BCUT2D eigenvalue weighted by molar-refractivity contribution is 6.31. The number of halogens is 1. The fourth-order valence-electron chi connectivity index (χ4n) is 2.86. The van der Waals surface area contributed by atoms with Crippen LogP contribution in [-0.4, -0.2) is 30.9 Å². The summed E-state index contributed by atoms with van der Waals surface area (Å²) in [5, 5.41) is 3.20. The van der Waals surface area contributed by atoms with Gasteiger partial charge in [0.05, 0.1) is 5.92 Å². The van der Waals surface area contributed by atoms with Crippen molar-refractivity contribution in [2.45, 2.75) is 13.0 Å². The standard InChI is InChI=1S/C20H19ClN2O4/c21-16-7-4-8-17(10-16)23-12-15(9-19(23)25)20(26)27-13-18(24)22-11-14-5-2-1-3-6-14/h1-8,10,15H,9,11-13H2,(H,22,24)/t15-/m0/s1. The molecule has 0 aliphatic carbocycles. The lowest BCUT2D eigenvalue weighted by atomic mass is 10.1. The molecule has 2 amide bonds. The van der Waals surface area contributed by atoms with E-state index in [0.29, 0.717) is 17.3 Å². The maximum Gasteiger partial charge on any atom is 0.311 e. The molecule has 1 aliphatic rings. The third-order valence-electron chi connectivity index (χ3n) is 4.26. The molecular weight excluding hydrogens is 368 g/mol. The van der Waals surface area contributed by atoms with Crippen LogP contribution in [0.25, 0.3) is 0 Å². The lowest BCUT2D eigenvalue weighted by molar-refractivity contribution is -0.152. The molecule has 0 saturated carbocycles. The zero-order chi connectivity index (χ0) is 19.2. The summed E-state index contributed by atoms with van der Waals surface area (Å²) in [4.78, 5) is 37.8. The molecule has 27 heavy (non-hydrogen) atoms. The Morgan fingerprint density at radius 1 is 1.15 bits per heavy atom. The third kappa shape index (κ3) is 5.08. The summed E-state index contributed by atoms with van der Waals surface area (Å²) in [5.74, 6) is -1.71. The van der Waals surface area contributed by atoms with Crippen molar-refractivity contribution in [2.75, 3.05) is 18.1 Å². The van der Waals surface area contributed by atoms with E-state index in [2.05, 4.69) is 5.32 Å². The molecule has 2 aromatic rings. The second kappa shape index (κ2) is 8.68. The van der Waals surface area contributed by atoms with Crippen LogP contribution < -0.4 is 10.2 Å². The van der Waals surface area contributed by atoms with Crippen LogP contribution >= 0.6 is 11.6 Å². The molecule has 0 radical (unpaired) electrons. The summed E-state index contributed by atoms with van der Waals surface area (Å²) in [6, 6.07) is 16.3. The van der Waals surface area contributed by atoms with Crippen molar-refractivity contribution in [3.63, 3.8) is 0 Å². The molecule has 7 heteroatoms. The number of carbonyl (C=O) groups excluding carboxylic acids is 3. The molecule has 0 spiro atoms. The predicted molar refractivity (Wildman–Crippen MR) is 101 cm³/mol. The Morgan fingerprint density at radius 2 is 1.93 bits per heavy atom. The van der Waals surface area contributed by atoms with E-state index in [0.717, 1.165) is 5.56 Å². The molecule has 1 N–H and O–H groups in total. The van der Waals surface area contributed by atoms with E-state index in [4.69, 9.17) is 16.3 Å². The Kier molecular flexibility index (Phi) is 6.08. The van der Waals surface area contributed by atoms with E-state index >= 15 is 0 Å². The van der Waals surface area contributed by atoms with E-state index < -0.39 is 11.9 Å². The van der Waals surface area contributed by atoms with E-state index in [1.165, 1.54) is 4.90 Å². The van der Waals surface area contributed by atoms with Gasteiger partial charge in [-0.25, -0.2) is 0 Å². The minimum absolute atomic E-state index is 0.0526. The highest BCUT2D eigenvalue weighted by Gasteiger charge is 2.36. The molecule has 0 bridgehead atoms. The molecule has 0 aromatic heterocycles. The lowest BCUT2D eigenvalue weighted by Crippen LogP contribution is -2.31. The molecule has 1 fully saturated rings. The number of hydrogen-bond acceptors (Lipinski definition) is 4. The molecule has 3 rings (SSSR count). The van der Waals surface area contributed by atoms with Crippen molar-refractivity contribution < 1.29 is 19.1 Å². The number of nitrogens with one attached hydrogen (secondary N) is 1. The highest BCUT2D eigenvalue weighted by Crippen LogP contribution is 2.27. The Labute approximate surface area is 162 Å². The van der Waals surface area contributed by atoms with Crippen LogP contribution in [0.5, 0.6) is 0 Å². The second-order valence-electron chi connectivity index (χ2n) is 6.26. The van der Waals surface area contributed by atoms with Crippen LogP contribution in [0.2, 0.25) is 5.02 Å². The summed E-state index contributed by atoms with van der Waals surface area (Å²) in [6.07, 6.45) is 0.0526. The average Bonchev–Trinajstić information content (AvgIpc) is 3.07. The minimum atomic E-state index is -0.599. The van der Waals surface area contributed by atoms with Crippen LogP contribution in [0.15, 0.2) is 54.6 Å². The first kappa shape index (κ1) is 18.9. The van der Waals surface area contributed by atoms with Gasteiger partial charge in [0.25, 0.3) is 5.91 Å². The van der Waals surface area contributed by atoms with Gasteiger partial charge in [-0.05, 0) is 23.8 Å². The smallest absolute Gasteiger partial charge is 0.311 e. The van der Waals surface area contributed by atoms with Gasteiger partial charge in [-0.3, -0.25) is 14.4 Å². The third-order valence-corrected chi connectivity index (χ3v) is 4.49. The monoisotopic (exact) mass is 386 g/mol. The largest absolute Gasteiger partial charge is 0.455 e. The summed E-state index contributed by atoms with van der Waals surface area (Å²) in [6.45, 7) is 0.207. The van der Waals surface area contributed by atoms with Crippen LogP contribution in [-0.2, 0) is 25.7 Å². The van der Waals surface area contributed by atoms with Crippen molar-refractivity contribution in [3.8, 4) is 0 Å². The fraction of sp³-hybridized carbons (Fsp3) is 0.250. The first-order valence-electron chi connectivity index (χ1n) is 8.56. The topological polar surface area (TPSA) is 75.7 Å². The highest BCUT2D eigenvalue weighted by atomic mass is 35.5. The van der Waals surface area contributed by atoms with Crippen molar-refractivity contribution in [2.24, 2.45) is 5.92 Å². The van der Waals surface area contributed by atoms with Gasteiger partial charge in [-0.15, -0.1) is 0 Å². The van der Waals surface area contributed by atoms with Crippen molar-refractivity contribution in [3.05, 3.63) is 65.2 Å². The van der Waals surface area contributed by atoms with Crippen LogP contribution in [0.3, 0.4) is 0 Å². The Bertz CT molecular complexity index is 841. The summed E-state index contributed by atoms with van der Waals surface area (Å²) >= 11 is 5.95. The quantitative estimate of drug-likeness (QED) is 0.774. The van der Waals surface area contributed by atoms with Crippen molar-refractivity contribution >= 4 is 35.1 Å². The van der Waals surface area contributed by atoms with E-state index in [1.807, 2.05) is 30.3 Å². The number of benzene rings is 2. The number of nitrogens with zero attached hydrogens (tertiary/aromatic N) is 1. The Hall–Kier alpha value is -2.86. The zero-order valence-corrected chi connectivity index (χ0v) is 15.3. The zero-order valence-electron chi connectivity index (χ0n) is 14.6. The van der Waals surface area contributed by atoms with Crippen LogP contribution in [0.1, 0.15) is 12.0 Å². The van der Waals surface area contributed by atoms with Crippen molar-refractivity contribution in [1.82, 2.24) is 5.32 Å². The molecule has 1 saturated heterocycles. The first-order valence-corrected chi connectivity index (χ1v) is 8.94. The Morgan fingerprint density at radius 3 is 2.67 bits per heavy atom. The molecule has 0 unspecified atom stereocenters. The molecule has 1 heterocycles. The van der Waals surface area contributed by atoms with Crippen LogP contribution in [0, 0.1) is 5.92 Å². The number of anilines is 1. The molecule has 1 atom stereocenters. The Balaban J connectivity index is 1.47. The summed E-state index contributed by atoms with van der Waals surface area (Å²) < 4.78 is 5.08. The van der Waals surface area contributed by atoms with Gasteiger partial charge in [0.15, 0.2) is 6.61 Å². The normalized spacial score (nSPS) is 16.3. The number of hydrogen-bond donors (Lipinski definition) is 1. The average molecular weight is 387 g/mol. The predicted octanol–water partition coefficient (Wildman–Crippen LogP) is 2.55. The van der Waals surface area contributed by atoms with Gasteiger partial charge in [-0.1, -0.05) is 48.0 Å². The van der Waals surface area contributed by atoms with Crippen molar-refractivity contribution in [1.29, 1.82) is 0 Å². The summed E-state index contributed by atoms with van der Waals surface area (Å²) in [5.41, 5.74) is 1.60. The lowest BCUT2D eigenvalue weighted by Gasteiger charge is -2.16. The maximum absolute atomic E-state index is 12.2. The van der Waals surface area contributed by atoms with Gasteiger partial charge in [0.1, 0.15) is 0 Å². The van der Waals surface area contributed by atoms with Gasteiger partial charge in [-0.2, -0.15) is 0 Å². The molecule has 1 aliphatic heterocycles. The van der Waals surface area contributed by atoms with Gasteiger partial charge >= 0.3 is 5.97 Å². The fourth-order valence-corrected chi connectivity index (χ4v) is 3.05. The minimum Gasteiger partial charge on any atom is -0.455 e. The van der Waals surface area contributed by atoms with Gasteiger partial charge < -0.3 is 15.0 Å². The molecule has 2 aromatic carbocycles. The van der Waals surface area contributed by atoms with Crippen LogP contribution in [0.4, 0.5) is 5.69 Å². The molecule has 6 nitrogen and oxygen atoms in total. The number of esters is 1. The second-order valence-corrected chi connectivity index (χ2v) is 6.69. The summed E-state index contributed by atoms with van der Waals surface area (Å²) in [7, 11) is 0. The maximum atomic E-state index is 12.2. The number of amides is 2. The van der Waals surface area contributed by atoms with E-state index in [-0.39, 0.29) is 31.4 Å². The SMILES string of the molecule is O=C(COC(=O)[C@H]1CC(=O)N(c2cccc(Cl)c2)C1)NCc1ccccc1. The first-order chi connectivity index (χ1) is 13.0. The molecular formula is C20H19ClN2O4. The number of carbonyl (C=O) groups is 3. The number of ether oxygens (including phenoxy) is 1. The number of rotatable bonds is 6. The van der Waals surface area contributed by atoms with E-state index in [9.17, 15) is 14.4 Å². The van der Waals surface area contributed by atoms with E-state index in [1.54, 1.807) is 24.3 Å². The molecule has 140 valence electrons. The van der Waals surface area contributed by atoms with Gasteiger partial charge in [0.2, 0.25) is 5.91 Å².